The fourth-order valence-electron chi connectivity index (χ4n) is 1.47. The summed E-state index contributed by atoms with van der Waals surface area (Å²) in [4.78, 5) is 15.2. The van der Waals surface area contributed by atoms with Crippen molar-refractivity contribution in [3.63, 3.8) is 0 Å². The zero-order chi connectivity index (χ0) is 13.5. The number of alkyl halides is 3. The van der Waals surface area contributed by atoms with E-state index >= 15 is 0 Å². The Morgan fingerprint density at radius 2 is 2.06 bits per heavy atom. The molecular formula is C10H8F3N3O2. The summed E-state index contributed by atoms with van der Waals surface area (Å²) in [6.07, 6.45) is -2.52. The molecule has 0 saturated heterocycles. The molecular weight excluding hydrogens is 251 g/mol. The number of pyridine rings is 1. The van der Waals surface area contributed by atoms with E-state index in [9.17, 15) is 23.1 Å². The van der Waals surface area contributed by atoms with Crippen molar-refractivity contribution in [2.45, 2.75) is 6.18 Å². The molecule has 2 aromatic heterocycles. The van der Waals surface area contributed by atoms with E-state index in [0.717, 1.165) is 23.0 Å². The van der Waals surface area contributed by atoms with Crippen LogP contribution in [0.5, 0.6) is 5.88 Å². The van der Waals surface area contributed by atoms with Gasteiger partial charge in [-0.2, -0.15) is 13.2 Å². The van der Waals surface area contributed by atoms with Crippen molar-refractivity contribution < 1.29 is 18.3 Å². The highest BCUT2D eigenvalue weighted by atomic mass is 19.4. The van der Waals surface area contributed by atoms with Gasteiger partial charge in [0.2, 0.25) is 5.88 Å². The summed E-state index contributed by atoms with van der Waals surface area (Å²) in [6.45, 7) is 0. The highest BCUT2D eigenvalue weighted by Gasteiger charge is 2.31. The first-order valence-corrected chi connectivity index (χ1v) is 4.81. The zero-order valence-corrected chi connectivity index (χ0v) is 9.14. The standard InChI is InChI=1S/C10H8F3N3O2/c1-15-5-8(17)16(9(15)18)7-4-6(2-3-14-7)10(11,12)13/h2-5,17H,1H3. The minimum Gasteiger partial charge on any atom is -0.493 e. The zero-order valence-electron chi connectivity index (χ0n) is 9.14. The molecule has 0 bridgehead atoms. The van der Waals surface area contributed by atoms with Crippen LogP contribution in [0.1, 0.15) is 5.56 Å². The molecule has 0 aliphatic rings. The van der Waals surface area contributed by atoms with Gasteiger partial charge in [-0.25, -0.2) is 14.3 Å². The summed E-state index contributed by atoms with van der Waals surface area (Å²) in [6, 6.07) is 1.48. The number of aromatic nitrogens is 3. The van der Waals surface area contributed by atoms with E-state index in [-0.39, 0.29) is 5.82 Å². The first-order valence-electron chi connectivity index (χ1n) is 4.81. The largest absolute Gasteiger partial charge is 0.493 e. The van der Waals surface area contributed by atoms with Crippen molar-refractivity contribution in [2.75, 3.05) is 0 Å². The first kappa shape index (κ1) is 12.2. The van der Waals surface area contributed by atoms with E-state index in [2.05, 4.69) is 4.98 Å². The molecule has 8 heteroatoms. The third-order valence-electron chi connectivity index (χ3n) is 2.33. The SMILES string of the molecule is Cn1cc(O)n(-c2cc(C(F)(F)F)ccn2)c1=O. The van der Waals surface area contributed by atoms with E-state index in [1.54, 1.807) is 0 Å². The van der Waals surface area contributed by atoms with Crippen molar-refractivity contribution in [3.8, 4) is 11.7 Å². The second kappa shape index (κ2) is 3.90. The van der Waals surface area contributed by atoms with E-state index in [1.807, 2.05) is 0 Å². The molecule has 2 aromatic rings. The number of rotatable bonds is 1. The van der Waals surface area contributed by atoms with Crippen molar-refractivity contribution in [1.82, 2.24) is 14.1 Å². The molecule has 2 heterocycles. The Labute approximate surface area is 98.7 Å². The lowest BCUT2D eigenvalue weighted by molar-refractivity contribution is -0.137. The summed E-state index contributed by atoms with van der Waals surface area (Å²) in [7, 11) is 1.37. The minimum absolute atomic E-state index is 0.284. The maximum Gasteiger partial charge on any atom is 0.416 e. The summed E-state index contributed by atoms with van der Waals surface area (Å²) in [5, 5.41) is 9.48. The summed E-state index contributed by atoms with van der Waals surface area (Å²) < 4.78 is 39.2. The van der Waals surface area contributed by atoms with Gasteiger partial charge in [0, 0.05) is 13.2 Å². The van der Waals surface area contributed by atoms with Crippen LogP contribution in [-0.4, -0.2) is 19.2 Å². The first-order chi connectivity index (χ1) is 8.30. The Kier molecular flexibility index (Phi) is 2.64. The third kappa shape index (κ3) is 1.96. The number of nitrogens with zero attached hydrogens (tertiary/aromatic N) is 3. The van der Waals surface area contributed by atoms with Crippen LogP contribution in [0.3, 0.4) is 0 Å². The third-order valence-corrected chi connectivity index (χ3v) is 2.33. The maximum absolute atomic E-state index is 12.5. The molecule has 0 radical (unpaired) electrons. The Morgan fingerprint density at radius 1 is 1.39 bits per heavy atom. The van der Waals surface area contributed by atoms with Crippen molar-refractivity contribution in [3.05, 3.63) is 40.6 Å². The Morgan fingerprint density at radius 3 is 2.56 bits per heavy atom. The number of aromatic hydroxyl groups is 1. The summed E-state index contributed by atoms with van der Waals surface area (Å²) in [5.74, 6) is -0.762. The molecule has 0 saturated carbocycles. The normalized spacial score (nSPS) is 11.8. The second-order valence-electron chi connectivity index (χ2n) is 3.62. The van der Waals surface area contributed by atoms with Crippen molar-refractivity contribution in [2.24, 2.45) is 7.05 Å². The van der Waals surface area contributed by atoms with Crippen molar-refractivity contribution in [1.29, 1.82) is 0 Å². The lowest BCUT2D eigenvalue weighted by atomic mass is 10.2. The van der Waals surface area contributed by atoms with Gasteiger partial charge in [0.25, 0.3) is 0 Å². The Balaban J connectivity index is 2.62. The van der Waals surface area contributed by atoms with Gasteiger partial charge in [-0.1, -0.05) is 0 Å². The molecule has 0 aliphatic carbocycles. The van der Waals surface area contributed by atoms with Crippen LogP contribution in [0.4, 0.5) is 13.2 Å². The number of hydrogen-bond acceptors (Lipinski definition) is 3. The van der Waals surface area contributed by atoms with Crippen molar-refractivity contribution >= 4 is 0 Å². The lowest BCUT2D eigenvalue weighted by Crippen LogP contribution is -2.21. The average molecular weight is 259 g/mol. The number of aryl methyl sites for hydroxylation is 1. The molecule has 0 fully saturated rings. The van der Waals surface area contributed by atoms with E-state index in [0.29, 0.717) is 10.6 Å². The van der Waals surface area contributed by atoms with Gasteiger partial charge in [0.15, 0.2) is 0 Å². The molecule has 0 amide bonds. The summed E-state index contributed by atoms with van der Waals surface area (Å²) >= 11 is 0. The topological polar surface area (TPSA) is 60.1 Å². The molecule has 0 unspecified atom stereocenters. The fraction of sp³-hybridized carbons (Fsp3) is 0.200. The monoisotopic (exact) mass is 259 g/mol. The molecule has 2 rings (SSSR count). The fourth-order valence-corrected chi connectivity index (χ4v) is 1.47. The Hall–Kier alpha value is -2.25. The smallest absolute Gasteiger partial charge is 0.416 e. The minimum atomic E-state index is -4.54. The van der Waals surface area contributed by atoms with Crippen LogP contribution >= 0.6 is 0 Å². The van der Waals surface area contributed by atoms with Crippen LogP contribution in [-0.2, 0) is 13.2 Å². The van der Waals surface area contributed by atoms with Gasteiger partial charge in [-0.15, -0.1) is 0 Å². The van der Waals surface area contributed by atoms with Gasteiger partial charge in [-0.05, 0) is 12.1 Å². The number of halogens is 3. The highest BCUT2D eigenvalue weighted by Crippen LogP contribution is 2.29. The molecule has 0 spiro atoms. The molecule has 0 aromatic carbocycles. The van der Waals surface area contributed by atoms with Gasteiger partial charge in [-0.3, -0.25) is 4.57 Å². The molecule has 1 N–H and O–H groups in total. The average Bonchev–Trinajstić information content (AvgIpc) is 2.52. The molecule has 5 nitrogen and oxygen atoms in total. The van der Waals surface area contributed by atoms with E-state index < -0.39 is 23.3 Å². The molecule has 0 atom stereocenters. The van der Waals surface area contributed by atoms with Gasteiger partial charge in [0.1, 0.15) is 5.82 Å². The highest BCUT2D eigenvalue weighted by molar-refractivity contribution is 5.32. The van der Waals surface area contributed by atoms with E-state index in [4.69, 9.17) is 0 Å². The van der Waals surface area contributed by atoms with Gasteiger partial charge < -0.3 is 5.11 Å². The quantitative estimate of drug-likeness (QED) is 0.839. The molecule has 18 heavy (non-hydrogen) atoms. The predicted octanol–water partition coefficient (Wildman–Crippen LogP) is 1.30. The second-order valence-corrected chi connectivity index (χ2v) is 3.62. The van der Waals surface area contributed by atoms with Crippen LogP contribution in [0.15, 0.2) is 29.3 Å². The number of imidazole rings is 1. The molecule has 96 valence electrons. The van der Waals surface area contributed by atoms with E-state index in [1.165, 1.54) is 7.05 Å². The van der Waals surface area contributed by atoms with Crippen LogP contribution < -0.4 is 5.69 Å². The maximum atomic E-state index is 12.5. The van der Waals surface area contributed by atoms with Gasteiger partial charge in [0.05, 0.1) is 11.8 Å². The predicted molar refractivity (Wildman–Crippen MR) is 55.5 cm³/mol. The van der Waals surface area contributed by atoms with Crippen LogP contribution in [0.25, 0.3) is 5.82 Å². The van der Waals surface area contributed by atoms with Crippen LogP contribution in [0.2, 0.25) is 0 Å². The summed E-state index contributed by atoms with van der Waals surface area (Å²) in [5.41, 5.74) is -1.62. The van der Waals surface area contributed by atoms with Gasteiger partial charge >= 0.3 is 11.9 Å². The lowest BCUT2D eigenvalue weighted by Gasteiger charge is -2.08. The number of hydrogen-bond donors (Lipinski definition) is 1. The Bertz CT molecular complexity index is 643. The van der Waals surface area contributed by atoms with Crippen LogP contribution in [0, 0.1) is 0 Å². The molecule has 0 aliphatic heterocycles.